The minimum absolute atomic E-state index is 0.000904. The number of carbonyl (C=O) groups excluding carboxylic acids is 2. The van der Waals surface area contributed by atoms with Gasteiger partial charge in [0, 0.05) is 33.7 Å². The van der Waals surface area contributed by atoms with E-state index in [1.807, 2.05) is 42.5 Å². The summed E-state index contributed by atoms with van der Waals surface area (Å²) in [6.07, 6.45) is 6.00. The summed E-state index contributed by atoms with van der Waals surface area (Å²) in [5, 5.41) is 4.55. The van der Waals surface area contributed by atoms with Crippen molar-refractivity contribution >= 4 is 34.2 Å². The van der Waals surface area contributed by atoms with E-state index in [0.29, 0.717) is 5.56 Å². The summed E-state index contributed by atoms with van der Waals surface area (Å²) in [5.74, 6) is -1.02. The first kappa shape index (κ1) is 21.6. The molecule has 1 aliphatic rings. The van der Waals surface area contributed by atoms with Gasteiger partial charge in [-0.25, -0.2) is 0 Å². The third kappa shape index (κ3) is 4.39. The van der Waals surface area contributed by atoms with Crippen molar-refractivity contribution in [3.63, 3.8) is 0 Å². The lowest BCUT2D eigenvalue weighted by Crippen LogP contribution is -2.52. The molecule has 2 aromatic carbocycles. The van der Waals surface area contributed by atoms with Gasteiger partial charge in [0.25, 0.3) is 11.7 Å². The van der Waals surface area contributed by atoms with Gasteiger partial charge in [0.15, 0.2) is 0 Å². The summed E-state index contributed by atoms with van der Waals surface area (Å²) in [5.41, 5.74) is 2.42. The average Bonchev–Trinajstić information content (AvgIpc) is 3.20. The molecule has 1 saturated carbocycles. The van der Waals surface area contributed by atoms with Crippen LogP contribution in [0.15, 0.2) is 54.7 Å². The Morgan fingerprint density at radius 3 is 2.48 bits per heavy atom. The van der Waals surface area contributed by atoms with Gasteiger partial charge in [0.05, 0.1) is 5.56 Å². The SMILES string of the molecule is CN(C)C1(Cc2ccccc2Cl)CCC(NC(=O)C(=O)c2c[nH]c3ccccc23)CC1. The molecular weight excluding hydrogens is 410 g/mol. The predicted molar refractivity (Wildman–Crippen MR) is 125 cm³/mol. The molecule has 31 heavy (non-hydrogen) atoms. The van der Waals surface area contributed by atoms with Crippen LogP contribution in [0.1, 0.15) is 41.6 Å². The molecule has 3 aromatic rings. The Balaban J connectivity index is 1.41. The molecule has 4 rings (SSSR count). The standard InChI is InChI=1S/C25H28ClN3O2/c1-29(2)25(15-17-7-3-5-9-21(17)26)13-11-18(12-14-25)28-24(31)23(30)20-16-27-22-10-6-4-8-19(20)22/h3-10,16,18,27H,11-15H2,1-2H3,(H,28,31). The van der Waals surface area contributed by atoms with E-state index >= 15 is 0 Å². The number of rotatable bonds is 6. The number of H-pyrrole nitrogens is 1. The number of likely N-dealkylation sites (N-methyl/N-ethyl adjacent to an activating group) is 1. The number of aromatic nitrogens is 1. The number of carbonyl (C=O) groups is 2. The molecule has 1 aromatic heterocycles. The maximum Gasteiger partial charge on any atom is 0.292 e. The number of nitrogens with zero attached hydrogens (tertiary/aromatic N) is 1. The monoisotopic (exact) mass is 437 g/mol. The Kier molecular flexibility index (Phi) is 6.17. The van der Waals surface area contributed by atoms with Gasteiger partial charge in [0.1, 0.15) is 0 Å². The second-order valence-electron chi connectivity index (χ2n) is 8.71. The summed E-state index contributed by atoms with van der Waals surface area (Å²) >= 11 is 6.42. The van der Waals surface area contributed by atoms with E-state index in [4.69, 9.17) is 11.6 Å². The van der Waals surface area contributed by atoms with Crippen molar-refractivity contribution in [2.24, 2.45) is 0 Å². The Labute approximate surface area is 187 Å². The number of benzene rings is 2. The first-order valence-electron chi connectivity index (χ1n) is 10.7. The van der Waals surface area contributed by atoms with Crippen LogP contribution >= 0.6 is 11.6 Å². The molecule has 0 spiro atoms. The topological polar surface area (TPSA) is 65.2 Å². The summed E-state index contributed by atoms with van der Waals surface area (Å²) in [4.78, 5) is 30.8. The van der Waals surface area contributed by atoms with Crippen LogP contribution in [0, 0.1) is 0 Å². The fraction of sp³-hybridized carbons (Fsp3) is 0.360. The molecule has 162 valence electrons. The zero-order valence-corrected chi connectivity index (χ0v) is 18.7. The van der Waals surface area contributed by atoms with Crippen molar-refractivity contribution in [3.8, 4) is 0 Å². The van der Waals surface area contributed by atoms with Gasteiger partial charge in [-0.05, 0) is 63.9 Å². The van der Waals surface area contributed by atoms with Crippen LogP contribution in [0.25, 0.3) is 10.9 Å². The molecule has 6 heteroatoms. The van der Waals surface area contributed by atoms with Crippen LogP contribution in [0.2, 0.25) is 5.02 Å². The normalized spacial score (nSPS) is 21.4. The number of halogens is 1. The fourth-order valence-electron chi connectivity index (χ4n) is 4.71. The number of ketones is 1. The summed E-state index contributed by atoms with van der Waals surface area (Å²) in [6, 6.07) is 15.5. The number of para-hydroxylation sites is 1. The second-order valence-corrected chi connectivity index (χ2v) is 9.12. The summed E-state index contributed by atoms with van der Waals surface area (Å²) < 4.78 is 0. The van der Waals surface area contributed by atoms with Crippen LogP contribution < -0.4 is 5.32 Å². The minimum Gasteiger partial charge on any atom is -0.360 e. The van der Waals surface area contributed by atoms with Gasteiger partial charge in [-0.1, -0.05) is 48.0 Å². The van der Waals surface area contributed by atoms with Crippen molar-refractivity contribution in [2.45, 2.75) is 43.7 Å². The lowest BCUT2D eigenvalue weighted by Gasteiger charge is -2.45. The second kappa shape index (κ2) is 8.85. The van der Waals surface area contributed by atoms with Gasteiger partial charge in [0.2, 0.25) is 0 Å². The number of fused-ring (bicyclic) bond motifs is 1. The van der Waals surface area contributed by atoms with Crippen LogP contribution in [-0.4, -0.2) is 47.3 Å². The smallest absolute Gasteiger partial charge is 0.292 e. The predicted octanol–water partition coefficient (Wildman–Crippen LogP) is 4.61. The van der Waals surface area contributed by atoms with E-state index in [9.17, 15) is 9.59 Å². The highest BCUT2D eigenvalue weighted by molar-refractivity contribution is 6.45. The highest BCUT2D eigenvalue weighted by Gasteiger charge is 2.38. The van der Waals surface area contributed by atoms with E-state index in [0.717, 1.165) is 53.6 Å². The van der Waals surface area contributed by atoms with Gasteiger partial charge < -0.3 is 15.2 Å². The highest BCUT2D eigenvalue weighted by atomic mass is 35.5. The lowest BCUT2D eigenvalue weighted by molar-refractivity contribution is -0.118. The third-order valence-corrected chi connectivity index (χ3v) is 7.09. The van der Waals surface area contributed by atoms with Crippen molar-refractivity contribution in [3.05, 3.63) is 70.9 Å². The summed E-state index contributed by atoms with van der Waals surface area (Å²) in [7, 11) is 4.21. The van der Waals surface area contributed by atoms with E-state index in [1.165, 1.54) is 0 Å². The molecule has 0 saturated heterocycles. The number of hydrogen-bond acceptors (Lipinski definition) is 3. The lowest BCUT2D eigenvalue weighted by atomic mass is 9.74. The molecular formula is C25H28ClN3O2. The van der Waals surface area contributed by atoms with Crippen LogP contribution in [0.5, 0.6) is 0 Å². The van der Waals surface area contributed by atoms with Crippen molar-refractivity contribution in [1.29, 1.82) is 0 Å². The first-order valence-corrected chi connectivity index (χ1v) is 11.1. The molecule has 0 bridgehead atoms. The highest BCUT2D eigenvalue weighted by Crippen LogP contribution is 2.37. The molecule has 0 aliphatic heterocycles. The molecule has 1 aliphatic carbocycles. The van der Waals surface area contributed by atoms with Crippen molar-refractivity contribution in [2.75, 3.05) is 14.1 Å². The van der Waals surface area contributed by atoms with Crippen LogP contribution in [-0.2, 0) is 11.2 Å². The third-order valence-electron chi connectivity index (χ3n) is 6.72. The van der Waals surface area contributed by atoms with E-state index in [2.05, 4.69) is 35.4 Å². The molecule has 0 radical (unpaired) electrons. The maximum atomic E-state index is 12.8. The van der Waals surface area contributed by atoms with Crippen LogP contribution in [0.3, 0.4) is 0 Å². The number of nitrogens with one attached hydrogen (secondary N) is 2. The van der Waals surface area contributed by atoms with E-state index < -0.39 is 11.7 Å². The Bertz CT molecular complexity index is 1100. The Morgan fingerprint density at radius 1 is 1.10 bits per heavy atom. The molecule has 5 nitrogen and oxygen atoms in total. The van der Waals surface area contributed by atoms with Gasteiger partial charge in [-0.3, -0.25) is 9.59 Å². The molecule has 2 N–H and O–H groups in total. The quantitative estimate of drug-likeness (QED) is 0.437. The average molecular weight is 438 g/mol. The fourth-order valence-corrected chi connectivity index (χ4v) is 4.91. The van der Waals surface area contributed by atoms with E-state index in [1.54, 1.807) is 6.20 Å². The van der Waals surface area contributed by atoms with Crippen LogP contribution in [0.4, 0.5) is 0 Å². The van der Waals surface area contributed by atoms with Gasteiger partial charge >= 0.3 is 0 Å². The van der Waals surface area contributed by atoms with E-state index in [-0.39, 0.29) is 11.6 Å². The Morgan fingerprint density at radius 2 is 1.77 bits per heavy atom. The molecule has 1 fully saturated rings. The number of amides is 1. The Hall–Kier alpha value is -2.63. The zero-order valence-electron chi connectivity index (χ0n) is 18.0. The number of hydrogen-bond donors (Lipinski definition) is 2. The molecule has 0 unspecified atom stereocenters. The number of aromatic amines is 1. The van der Waals surface area contributed by atoms with Gasteiger partial charge in [-0.2, -0.15) is 0 Å². The molecule has 1 heterocycles. The largest absolute Gasteiger partial charge is 0.360 e. The van der Waals surface area contributed by atoms with Gasteiger partial charge in [-0.15, -0.1) is 0 Å². The first-order chi connectivity index (χ1) is 14.9. The minimum atomic E-state index is -0.529. The number of Topliss-reactive ketones (excluding diaryl/α,β-unsaturated/α-hetero) is 1. The van der Waals surface area contributed by atoms with Crippen molar-refractivity contribution in [1.82, 2.24) is 15.2 Å². The zero-order chi connectivity index (χ0) is 22.0. The summed E-state index contributed by atoms with van der Waals surface area (Å²) in [6.45, 7) is 0. The molecule has 1 amide bonds. The van der Waals surface area contributed by atoms with Crippen molar-refractivity contribution < 1.29 is 9.59 Å². The maximum absolute atomic E-state index is 12.8. The molecule has 0 atom stereocenters.